The van der Waals surface area contributed by atoms with Crippen molar-refractivity contribution in [1.82, 2.24) is 29.9 Å². The molecular weight excluding hydrogens is 854 g/mol. The smallest absolute Gasteiger partial charge is 0.390 e. The van der Waals surface area contributed by atoms with Gasteiger partial charge >= 0.3 is 6.18 Å². The predicted molar refractivity (Wildman–Crippen MR) is 247 cm³/mol. The number of halogens is 3. The molecule has 6 aromatic rings. The van der Waals surface area contributed by atoms with Crippen molar-refractivity contribution in [2.24, 2.45) is 17.8 Å². The Kier molecular flexibility index (Phi) is 13.9. The highest BCUT2D eigenvalue weighted by Crippen LogP contribution is 2.44. The van der Waals surface area contributed by atoms with Gasteiger partial charge in [-0.25, -0.2) is 9.97 Å². The van der Waals surface area contributed by atoms with Gasteiger partial charge in [0.25, 0.3) is 11.8 Å². The standard InChI is InChI=1S/C24H27F3N4O3.C17H18N4O2.C8H16O/c1-22(2,33)14-9-15(10-14)31-12-13-8-19(16(23(3,4)34)11-18(13)30-31)29-21(32)17-6-5-7-20(28-17)24(25,26)27;1-10-5-4-6-13(19-10)16(22)20-15-7-11-9-18-21-14(11)8-12(15)17(2,3)23;1-6-4-7(5-6)8(2,3)9/h5-8,11-12,14-15,33-34H,9-10H2,1-4H3,(H,29,32);4-9,23H,1-3H3,(H,18,21)(H,20,22);6-7,9H,4-5H2,1-3H3. The number of aromatic amines is 1. The van der Waals surface area contributed by atoms with Gasteiger partial charge in [0, 0.05) is 45.2 Å². The number of anilines is 2. The number of aryl methyl sites for hydroxylation is 1. The first kappa shape index (κ1) is 49.7. The lowest BCUT2D eigenvalue weighted by molar-refractivity contribution is -0.141. The first-order chi connectivity index (χ1) is 30.5. The van der Waals surface area contributed by atoms with E-state index in [2.05, 4.69) is 42.8 Å². The van der Waals surface area contributed by atoms with Gasteiger partial charge in [-0.15, -0.1) is 0 Å². The molecule has 14 nitrogen and oxygen atoms in total. The molecule has 7 N–H and O–H groups in total. The number of aromatic nitrogens is 6. The van der Waals surface area contributed by atoms with Gasteiger partial charge in [-0.1, -0.05) is 19.1 Å². The lowest BCUT2D eigenvalue weighted by Crippen LogP contribution is -2.41. The summed E-state index contributed by atoms with van der Waals surface area (Å²) in [5.41, 5.74) is -0.915. The number of carbonyl (C=O) groups excluding carboxylic acids is 2. The van der Waals surface area contributed by atoms with Crippen LogP contribution in [-0.2, 0) is 17.4 Å². The quantitative estimate of drug-likeness (QED) is 0.0731. The van der Waals surface area contributed by atoms with Crippen molar-refractivity contribution in [1.29, 1.82) is 0 Å². The summed E-state index contributed by atoms with van der Waals surface area (Å²) in [4.78, 5) is 32.8. The van der Waals surface area contributed by atoms with Crippen molar-refractivity contribution in [2.45, 2.75) is 130 Å². The Balaban J connectivity index is 0.000000192. The molecule has 0 atom stereocenters. The highest BCUT2D eigenvalue weighted by atomic mass is 19.4. The molecule has 4 heterocycles. The number of hydrogen-bond donors (Lipinski definition) is 7. The average Bonchev–Trinajstić information content (AvgIpc) is 3.80. The van der Waals surface area contributed by atoms with Crippen molar-refractivity contribution >= 4 is 45.0 Å². The molecule has 2 aliphatic carbocycles. The molecule has 0 saturated heterocycles. The highest BCUT2D eigenvalue weighted by molar-refractivity contribution is 6.05. The van der Waals surface area contributed by atoms with E-state index < -0.39 is 40.2 Å². The van der Waals surface area contributed by atoms with Crippen molar-refractivity contribution in [3.05, 3.63) is 107 Å². The fraction of sp³-hybridized carbons (Fsp3) is 0.469. The topological polar surface area (TPSA) is 211 Å². The monoisotopic (exact) mass is 914 g/mol. The van der Waals surface area contributed by atoms with Crippen LogP contribution in [0.4, 0.5) is 24.5 Å². The number of alkyl halides is 3. The second-order valence-electron chi connectivity index (χ2n) is 19.9. The maximum Gasteiger partial charge on any atom is 0.433 e. The molecule has 2 aliphatic rings. The minimum atomic E-state index is -4.67. The van der Waals surface area contributed by atoms with Gasteiger partial charge in [0.05, 0.1) is 45.7 Å². The van der Waals surface area contributed by atoms with E-state index in [0.29, 0.717) is 39.3 Å². The Morgan fingerprint density at radius 3 is 1.73 bits per heavy atom. The number of H-pyrrole nitrogens is 1. The minimum Gasteiger partial charge on any atom is -0.390 e. The predicted octanol–water partition coefficient (Wildman–Crippen LogP) is 9.20. The highest BCUT2D eigenvalue weighted by Gasteiger charge is 2.40. The fourth-order valence-corrected chi connectivity index (χ4v) is 8.11. The fourth-order valence-electron chi connectivity index (χ4n) is 8.11. The van der Waals surface area contributed by atoms with E-state index in [1.54, 1.807) is 84.1 Å². The maximum atomic E-state index is 13.0. The summed E-state index contributed by atoms with van der Waals surface area (Å²) in [7, 11) is 0. The molecule has 8 rings (SSSR count). The molecule has 0 aliphatic heterocycles. The molecule has 2 fully saturated rings. The molecule has 4 aromatic heterocycles. The van der Waals surface area contributed by atoms with Gasteiger partial charge in [-0.2, -0.15) is 23.4 Å². The van der Waals surface area contributed by atoms with Crippen molar-refractivity contribution < 1.29 is 43.2 Å². The molecule has 0 radical (unpaired) electrons. The van der Waals surface area contributed by atoms with E-state index >= 15 is 0 Å². The Morgan fingerprint density at radius 2 is 1.23 bits per heavy atom. The van der Waals surface area contributed by atoms with Crippen molar-refractivity contribution in [3.8, 4) is 0 Å². The van der Waals surface area contributed by atoms with Crippen LogP contribution in [0, 0.1) is 24.7 Å². The van der Waals surface area contributed by atoms with Crippen LogP contribution >= 0.6 is 0 Å². The van der Waals surface area contributed by atoms with Crippen LogP contribution in [0.3, 0.4) is 0 Å². The van der Waals surface area contributed by atoms with Gasteiger partial charge in [0.1, 0.15) is 17.1 Å². The second-order valence-corrected chi connectivity index (χ2v) is 19.9. The molecule has 0 bridgehead atoms. The first-order valence-electron chi connectivity index (χ1n) is 22.0. The lowest BCUT2D eigenvalue weighted by atomic mass is 9.68. The van der Waals surface area contributed by atoms with Crippen molar-refractivity contribution in [3.63, 3.8) is 0 Å². The van der Waals surface area contributed by atoms with Gasteiger partial charge in [-0.3, -0.25) is 19.4 Å². The summed E-state index contributed by atoms with van der Waals surface area (Å²) in [6, 6.07) is 15.4. The van der Waals surface area contributed by atoms with Crippen LogP contribution in [0.15, 0.2) is 73.1 Å². The normalized spacial score (nSPS) is 18.9. The van der Waals surface area contributed by atoms with Crippen LogP contribution in [-0.4, -0.2) is 73.4 Å². The van der Waals surface area contributed by atoms with E-state index in [1.807, 2.05) is 37.7 Å². The maximum absolute atomic E-state index is 13.0. The SMILES string of the molecule is CC(C)(O)c1cc2nn(C3CC(C(C)(C)O)C3)cc2cc1NC(=O)c1cccc(C(F)(F)F)n1.CC1CC(C(C)(C)O)C1.Cc1cccc(C(=O)Nc2cc3cn[nH]c3cc2C(C)(C)O)n1. The third kappa shape index (κ3) is 12.0. The van der Waals surface area contributed by atoms with Gasteiger partial charge in [0.15, 0.2) is 0 Å². The number of nitrogens with one attached hydrogen (secondary N) is 3. The molecular formula is C49H61F3N8O6. The van der Waals surface area contributed by atoms with Gasteiger partial charge in [0.2, 0.25) is 0 Å². The largest absolute Gasteiger partial charge is 0.433 e. The second kappa shape index (κ2) is 18.5. The third-order valence-electron chi connectivity index (χ3n) is 12.3. The zero-order valence-corrected chi connectivity index (χ0v) is 39.0. The molecule has 2 amide bonds. The summed E-state index contributed by atoms with van der Waals surface area (Å²) in [6.07, 6.45) is 2.80. The zero-order valence-electron chi connectivity index (χ0n) is 39.0. The number of nitrogens with zero attached hydrogens (tertiary/aromatic N) is 5. The number of hydrogen-bond acceptors (Lipinski definition) is 10. The first-order valence-corrected chi connectivity index (χ1v) is 22.0. The zero-order chi connectivity index (χ0) is 48.7. The Morgan fingerprint density at radius 1 is 0.712 bits per heavy atom. The summed E-state index contributed by atoms with van der Waals surface area (Å²) in [6.45, 7) is 17.9. The number of pyridine rings is 2. The summed E-state index contributed by atoms with van der Waals surface area (Å²) < 4.78 is 40.8. The Hall–Kier alpha value is -5.75. The van der Waals surface area contributed by atoms with E-state index in [0.717, 1.165) is 47.5 Å². The van der Waals surface area contributed by atoms with Gasteiger partial charge < -0.3 is 31.1 Å². The van der Waals surface area contributed by atoms with Gasteiger partial charge in [-0.05, 0) is 154 Å². The van der Waals surface area contributed by atoms with E-state index in [-0.39, 0.29) is 29.2 Å². The molecule has 0 unspecified atom stereocenters. The van der Waals surface area contributed by atoms with E-state index in [1.165, 1.54) is 18.9 Å². The van der Waals surface area contributed by atoms with Crippen LogP contribution in [0.2, 0.25) is 0 Å². The molecule has 0 spiro atoms. The number of carbonyl (C=O) groups is 2. The molecule has 2 aromatic carbocycles. The van der Waals surface area contributed by atoms with Crippen LogP contribution < -0.4 is 10.6 Å². The molecule has 354 valence electrons. The Bertz CT molecular complexity index is 2690. The summed E-state index contributed by atoms with van der Waals surface area (Å²) >= 11 is 0. The molecule has 17 heteroatoms. The number of rotatable bonds is 9. The van der Waals surface area contributed by atoms with E-state index in [9.17, 15) is 43.2 Å². The number of fused-ring (bicyclic) bond motifs is 2. The van der Waals surface area contributed by atoms with Crippen LogP contribution in [0.5, 0.6) is 0 Å². The minimum absolute atomic E-state index is 0.127. The number of amides is 2. The van der Waals surface area contributed by atoms with E-state index in [4.69, 9.17) is 0 Å². The summed E-state index contributed by atoms with van der Waals surface area (Å²) in [5.74, 6) is 0.442. The molecule has 2 saturated carbocycles. The van der Waals surface area contributed by atoms with Crippen LogP contribution in [0.1, 0.15) is 138 Å². The van der Waals surface area contributed by atoms with Crippen molar-refractivity contribution in [2.75, 3.05) is 10.6 Å². The third-order valence-corrected chi connectivity index (χ3v) is 12.3. The Labute approximate surface area is 382 Å². The summed E-state index contributed by atoms with van der Waals surface area (Å²) in [5, 5.41) is 59.2. The molecule has 66 heavy (non-hydrogen) atoms. The lowest BCUT2D eigenvalue weighted by Gasteiger charge is -2.42. The average molecular weight is 915 g/mol. The number of aliphatic hydroxyl groups is 4. The van der Waals surface area contributed by atoms with Crippen LogP contribution in [0.25, 0.3) is 21.8 Å². The number of benzene rings is 2.